The van der Waals surface area contributed by atoms with Crippen LogP contribution in [0.2, 0.25) is 0 Å². The van der Waals surface area contributed by atoms with E-state index in [2.05, 4.69) is 21.2 Å². The largest absolute Gasteiger partial charge is 0.322 e. The second-order valence-corrected chi connectivity index (χ2v) is 6.68. The van der Waals surface area contributed by atoms with Gasteiger partial charge in [-0.1, -0.05) is 76.6 Å². The van der Waals surface area contributed by atoms with Gasteiger partial charge in [0.05, 0.1) is 0 Å². The zero-order valence-corrected chi connectivity index (χ0v) is 15.3. The van der Waals surface area contributed by atoms with Crippen LogP contribution in [0.1, 0.15) is 11.1 Å². The highest BCUT2D eigenvalue weighted by Gasteiger charge is 2.15. The van der Waals surface area contributed by atoms with E-state index in [1.54, 1.807) is 0 Å². The molecule has 0 heterocycles. The van der Waals surface area contributed by atoms with Crippen LogP contribution in [0, 0.1) is 0 Å². The van der Waals surface area contributed by atoms with Crippen LogP contribution in [0.3, 0.4) is 0 Å². The van der Waals surface area contributed by atoms with Crippen molar-refractivity contribution in [2.75, 3.05) is 5.32 Å². The fraction of sp³-hybridized carbons (Fsp3) is 0.0952. The quantitative estimate of drug-likeness (QED) is 0.592. The summed E-state index contributed by atoms with van der Waals surface area (Å²) in [6.45, 7) is 1.11. The number of hydrogen-bond donors (Lipinski definition) is 1. The van der Waals surface area contributed by atoms with Crippen molar-refractivity contribution in [1.29, 1.82) is 0 Å². The second kappa shape index (κ2) is 8.49. The molecule has 0 aliphatic heterocycles. The number of carbonyl (C=O) groups is 1. The smallest absolute Gasteiger partial charge is 0.316 e. The number of nitrogens with one attached hydrogen (secondary N) is 1. The Labute approximate surface area is 156 Å². The van der Waals surface area contributed by atoms with Gasteiger partial charge >= 0.3 is 6.03 Å². The standard InChI is InChI=1S/C21H19BrN2O/c22-19-11-13-20(14-12-19)23-21(25)24(15-17-7-3-1-4-8-17)16-18-9-5-2-6-10-18/h1-14H,15-16H2,(H,23,25). The van der Waals surface area contributed by atoms with E-state index in [-0.39, 0.29) is 6.03 Å². The van der Waals surface area contributed by atoms with Crippen molar-refractivity contribution in [2.45, 2.75) is 13.1 Å². The molecule has 0 aliphatic rings. The van der Waals surface area contributed by atoms with Crippen LogP contribution in [-0.4, -0.2) is 10.9 Å². The average Bonchev–Trinajstić information content (AvgIpc) is 2.65. The Morgan fingerprint density at radius 3 is 1.72 bits per heavy atom. The number of urea groups is 1. The Bertz CT molecular complexity index is 763. The molecule has 0 spiro atoms. The lowest BCUT2D eigenvalue weighted by Crippen LogP contribution is -2.34. The Balaban J connectivity index is 1.76. The second-order valence-electron chi connectivity index (χ2n) is 5.76. The minimum Gasteiger partial charge on any atom is -0.316 e. The summed E-state index contributed by atoms with van der Waals surface area (Å²) < 4.78 is 0.982. The third-order valence-electron chi connectivity index (χ3n) is 3.82. The van der Waals surface area contributed by atoms with Gasteiger partial charge in [-0.3, -0.25) is 0 Å². The minimum absolute atomic E-state index is 0.116. The number of amides is 2. The molecule has 3 aromatic carbocycles. The topological polar surface area (TPSA) is 32.3 Å². The van der Waals surface area contributed by atoms with Crippen LogP contribution in [0.15, 0.2) is 89.4 Å². The first kappa shape index (κ1) is 17.2. The van der Waals surface area contributed by atoms with E-state index in [9.17, 15) is 4.79 Å². The van der Waals surface area contributed by atoms with Crippen LogP contribution < -0.4 is 5.32 Å². The molecule has 0 atom stereocenters. The number of nitrogens with zero attached hydrogens (tertiary/aromatic N) is 1. The molecule has 126 valence electrons. The average molecular weight is 395 g/mol. The van der Waals surface area contributed by atoms with Gasteiger partial charge < -0.3 is 10.2 Å². The maximum atomic E-state index is 12.8. The fourth-order valence-electron chi connectivity index (χ4n) is 2.54. The Morgan fingerprint density at radius 2 is 1.24 bits per heavy atom. The Morgan fingerprint density at radius 1 is 0.760 bits per heavy atom. The lowest BCUT2D eigenvalue weighted by molar-refractivity contribution is 0.206. The number of benzene rings is 3. The highest BCUT2D eigenvalue weighted by molar-refractivity contribution is 9.10. The highest BCUT2D eigenvalue weighted by atomic mass is 79.9. The Kier molecular flexibility index (Phi) is 5.86. The van der Waals surface area contributed by atoms with Gasteiger partial charge in [-0.15, -0.1) is 0 Å². The number of rotatable bonds is 5. The summed E-state index contributed by atoms with van der Waals surface area (Å²) >= 11 is 3.41. The van der Waals surface area contributed by atoms with E-state index in [4.69, 9.17) is 0 Å². The molecule has 0 fully saturated rings. The third-order valence-corrected chi connectivity index (χ3v) is 4.34. The van der Waals surface area contributed by atoms with Gasteiger partial charge in [-0.25, -0.2) is 4.79 Å². The molecule has 0 aromatic heterocycles. The van der Waals surface area contributed by atoms with Gasteiger partial charge in [0.25, 0.3) is 0 Å². The predicted octanol–water partition coefficient (Wildman–Crippen LogP) is 5.68. The van der Waals surface area contributed by atoms with Crippen molar-refractivity contribution in [3.05, 3.63) is 101 Å². The molecule has 0 unspecified atom stereocenters. The molecular weight excluding hydrogens is 376 g/mol. The van der Waals surface area contributed by atoms with Crippen molar-refractivity contribution in [2.24, 2.45) is 0 Å². The zero-order chi connectivity index (χ0) is 17.5. The van der Waals surface area contributed by atoms with Crippen molar-refractivity contribution >= 4 is 27.6 Å². The molecule has 0 bridgehead atoms. The van der Waals surface area contributed by atoms with Gasteiger partial charge in [-0.2, -0.15) is 0 Å². The first-order chi connectivity index (χ1) is 12.2. The summed E-state index contributed by atoms with van der Waals surface area (Å²) in [7, 11) is 0. The van der Waals surface area contributed by atoms with Gasteiger partial charge in [-0.05, 0) is 35.4 Å². The number of carbonyl (C=O) groups excluding carboxylic acids is 1. The van der Waals surface area contributed by atoms with Crippen LogP contribution in [0.25, 0.3) is 0 Å². The molecule has 3 nitrogen and oxygen atoms in total. The molecule has 3 aromatic rings. The summed E-state index contributed by atoms with van der Waals surface area (Å²) in [4.78, 5) is 14.6. The first-order valence-electron chi connectivity index (χ1n) is 8.10. The van der Waals surface area contributed by atoms with Crippen molar-refractivity contribution < 1.29 is 4.79 Å². The molecule has 4 heteroatoms. The van der Waals surface area contributed by atoms with Crippen LogP contribution in [0.5, 0.6) is 0 Å². The lowest BCUT2D eigenvalue weighted by atomic mass is 10.2. The maximum Gasteiger partial charge on any atom is 0.322 e. The minimum atomic E-state index is -0.116. The third kappa shape index (κ3) is 5.19. The highest BCUT2D eigenvalue weighted by Crippen LogP contribution is 2.16. The van der Waals surface area contributed by atoms with Crippen molar-refractivity contribution in [3.63, 3.8) is 0 Å². The molecule has 0 aliphatic carbocycles. The molecule has 0 saturated carbocycles. The number of halogens is 1. The van der Waals surface area contributed by atoms with E-state index < -0.39 is 0 Å². The molecule has 3 rings (SSSR count). The van der Waals surface area contributed by atoms with Gasteiger partial charge in [0.15, 0.2) is 0 Å². The normalized spacial score (nSPS) is 10.3. The van der Waals surface area contributed by atoms with Crippen molar-refractivity contribution in [3.8, 4) is 0 Å². The monoisotopic (exact) mass is 394 g/mol. The summed E-state index contributed by atoms with van der Waals surface area (Å²) in [6.07, 6.45) is 0. The first-order valence-corrected chi connectivity index (χ1v) is 8.89. The van der Waals surface area contributed by atoms with E-state index >= 15 is 0 Å². The SMILES string of the molecule is O=C(Nc1ccc(Br)cc1)N(Cc1ccccc1)Cc1ccccc1. The van der Waals surface area contributed by atoms with Crippen LogP contribution >= 0.6 is 15.9 Å². The van der Waals surface area contributed by atoms with Gasteiger partial charge in [0, 0.05) is 23.2 Å². The van der Waals surface area contributed by atoms with Gasteiger partial charge in [0.1, 0.15) is 0 Å². The maximum absolute atomic E-state index is 12.8. The zero-order valence-electron chi connectivity index (χ0n) is 13.7. The van der Waals surface area contributed by atoms with Gasteiger partial charge in [0.2, 0.25) is 0 Å². The molecular formula is C21H19BrN2O. The van der Waals surface area contributed by atoms with E-state index in [1.165, 1.54) is 0 Å². The van der Waals surface area contributed by atoms with Crippen molar-refractivity contribution in [1.82, 2.24) is 4.90 Å². The summed E-state index contributed by atoms with van der Waals surface area (Å²) in [6, 6.07) is 27.5. The van der Waals surface area contributed by atoms with Crippen LogP contribution in [0.4, 0.5) is 10.5 Å². The summed E-state index contributed by atoms with van der Waals surface area (Å²) in [5, 5.41) is 2.98. The summed E-state index contributed by atoms with van der Waals surface area (Å²) in [5.74, 6) is 0. The molecule has 0 radical (unpaired) electrons. The summed E-state index contributed by atoms with van der Waals surface area (Å²) in [5.41, 5.74) is 2.98. The lowest BCUT2D eigenvalue weighted by Gasteiger charge is -2.23. The predicted molar refractivity (Wildman–Crippen MR) is 105 cm³/mol. The Hall–Kier alpha value is -2.59. The van der Waals surface area contributed by atoms with E-state index in [1.807, 2.05) is 89.8 Å². The van der Waals surface area contributed by atoms with Crippen LogP contribution in [-0.2, 0) is 13.1 Å². The van der Waals surface area contributed by atoms with E-state index in [0.717, 1.165) is 21.3 Å². The molecule has 25 heavy (non-hydrogen) atoms. The molecule has 0 saturated heterocycles. The fourth-order valence-corrected chi connectivity index (χ4v) is 2.81. The molecule has 2 amide bonds. The molecule has 1 N–H and O–H groups in total. The van der Waals surface area contributed by atoms with E-state index in [0.29, 0.717) is 13.1 Å². The number of anilines is 1. The number of hydrogen-bond acceptors (Lipinski definition) is 1.